The van der Waals surface area contributed by atoms with Crippen molar-refractivity contribution in [1.82, 2.24) is 14.3 Å². The lowest BCUT2D eigenvalue weighted by molar-refractivity contribution is 0.133. The molecule has 4 N–H and O–H groups in total. The second-order valence-corrected chi connectivity index (χ2v) is 7.34. The Morgan fingerprint density at radius 3 is 2.81 bits per heavy atom. The van der Waals surface area contributed by atoms with Crippen molar-refractivity contribution in [2.45, 2.75) is 26.5 Å². The van der Waals surface area contributed by atoms with Crippen LogP contribution in [-0.4, -0.2) is 21.5 Å². The molecule has 0 spiro atoms. The Hall–Kier alpha value is -2.84. The highest BCUT2D eigenvalue weighted by Crippen LogP contribution is 2.27. The lowest BCUT2D eigenvalue weighted by Crippen LogP contribution is -2.13. The van der Waals surface area contributed by atoms with E-state index in [1.165, 1.54) is 11.3 Å². The molecule has 0 radical (unpaired) electrons. The van der Waals surface area contributed by atoms with E-state index >= 15 is 0 Å². The maximum absolute atomic E-state index is 12.1. The Morgan fingerprint density at radius 2 is 2.11 bits per heavy atom. The summed E-state index contributed by atoms with van der Waals surface area (Å²) in [6, 6.07) is 7.95. The van der Waals surface area contributed by atoms with Crippen LogP contribution in [0, 0.1) is 0 Å². The van der Waals surface area contributed by atoms with Gasteiger partial charge < -0.3 is 16.2 Å². The van der Waals surface area contributed by atoms with E-state index in [-0.39, 0.29) is 17.5 Å². The summed E-state index contributed by atoms with van der Waals surface area (Å²) in [5.41, 5.74) is 15.2. The number of nitrogens with zero attached hydrogens (tertiary/aromatic N) is 3. The number of thiazole rings is 1. The van der Waals surface area contributed by atoms with Crippen molar-refractivity contribution in [3.8, 4) is 0 Å². The Morgan fingerprint density at radius 1 is 1.33 bits per heavy atom. The van der Waals surface area contributed by atoms with Gasteiger partial charge in [-0.3, -0.25) is 9.36 Å². The summed E-state index contributed by atoms with van der Waals surface area (Å²) in [6.45, 7) is 4.12. The molecule has 8 heteroatoms. The molecule has 3 aromatic rings. The molecule has 2 aromatic heterocycles. The molecule has 0 aliphatic carbocycles. The van der Waals surface area contributed by atoms with Gasteiger partial charge in [-0.15, -0.1) is 0 Å². The van der Waals surface area contributed by atoms with Gasteiger partial charge in [-0.1, -0.05) is 24.3 Å². The second kappa shape index (κ2) is 7.81. The second-order valence-electron chi connectivity index (χ2n) is 6.35. The topological polar surface area (TPSA) is 101 Å². The number of hydrogen-bond donors (Lipinski definition) is 2. The van der Waals surface area contributed by atoms with Crippen molar-refractivity contribution in [3.05, 3.63) is 69.2 Å². The third-order valence-electron chi connectivity index (χ3n) is 4.29. The van der Waals surface area contributed by atoms with Crippen molar-refractivity contribution >= 4 is 27.4 Å². The van der Waals surface area contributed by atoms with E-state index in [0.717, 1.165) is 21.5 Å². The molecule has 0 bridgehead atoms. The Kier molecular flexibility index (Phi) is 5.48. The summed E-state index contributed by atoms with van der Waals surface area (Å²) in [5, 5.41) is 4.57. The predicted octanol–water partition coefficient (Wildman–Crippen LogP) is 2.63. The highest BCUT2D eigenvalue weighted by atomic mass is 32.1. The summed E-state index contributed by atoms with van der Waals surface area (Å²) in [7, 11) is 1.58. The van der Waals surface area contributed by atoms with E-state index < -0.39 is 0 Å². The molecule has 0 aliphatic heterocycles. The molecule has 0 saturated carbocycles. The largest absolute Gasteiger partial charge is 0.402 e. The standard InChI is InChI=1S/C19H23N5O2S/c1-12(20)4-7-18(21)24-9-8-15(22-24)13(2)14-5-6-16-17(10-14)27-19(25)23(16)11-26-3/h4-10,13H,11,20-21H2,1-3H3/b12-4-,18-7+. The molecule has 1 unspecified atom stereocenters. The van der Waals surface area contributed by atoms with Crippen LogP contribution >= 0.6 is 11.3 Å². The molecule has 27 heavy (non-hydrogen) atoms. The first kappa shape index (κ1) is 18.9. The third-order valence-corrected chi connectivity index (χ3v) is 5.23. The number of allylic oxidation sites excluding steroid dienone is 3. The number of rotatable bonds is 6. The van der Waals surface area contributed by atoms with E-state index in [9.17, 15) is 4.79 Å². The van der Waals surface area contributed by atoms with Crippen LogP contribution in [0.15, 0.2) is 53.1 Å². The zero-order valence-corrected chi connectivity index (χ0v) is 16.4. The average molecular weight is 385 g/mol. The van der Waals surface area contributed by atoms with Crippen molar-refractivity contribution in [1.29, 1.82) is 0 Å². The van der Waals surface area contributed by atoms with E-state index in [1.807, 2.05) is 30.5 Å². The molecule has 1 aromatic carbocycles. The highest BCUT2D eigenvalue weighted by Gasteiger charge is 2.15. The minimum atomic E-state index is -0.0258. The van der Waals surface area contributed by atoms with Gasteiger partial charge in [0.1, 0.15) is 12.6 Å². The first-order valence-electron chi connectivity index (χ1n) is 8.48. The maximum Gasteiger partial charge on any atom is 0.310 e. The first-order chi connectivity index (χ1) is 12.9. The van der Waals surface area contributed by atoms with Crippen LogP contribution in [0.1, 0.15) is 31.0 Å². The van der Waals surface area contributed by atoms with Crippen LogP contribution < -0.4 is 16.3 Å². The zero-order valence-electron chi connectivity index (χ0n) is 15.5. The van der Waals surface area contributed by atoms with Gasteiger partial charge in [0, 0.05) is 24.9 Å². The quantitative estimate of drug-likeness (QED) is 0.635. The maximum atomic E-state index is 12.1. The third kappa shape index (κ3) is 3.96. The van der Waals surface area contributed by atoms with Crippen LogP contribution in [0.4, 0.5) is 0 Å². The number of benzene rings is 1. The van der Waals surface area contributed by atoms with Crippen molar-refractivity contribution in [2.24, 2.45) is 11.5 Å². The van der Waals surface area contributed by atoms with Gasteiger partial charge in [0.15, 0.2) is 0 Å². The van der Waals surface area contributed by atoms with Gasteiger partial charge >= 0.3 is 4.87 Å². The molecule has 2 heterocycles. The van der Waals surface area contributed by atoms with Crippen molar-refractivity contribution < 1.29 is 4.74 Å². The summed E-state index contributed by atoms with van der Waals surface area (Å²) in [4.78, 5) is 12.1. The summed E-state index contributed by atoms with van der Waals surface area (Å²) in [6.07, 6.45) is 5.28. The Labute approximate surface area is 161 Å². The fourth-order valence-electron chi connectivity index (χ4n) is 2.78. The fraction of sp³-hybridized carbons (Fsp3) is 0.263. The van der Waals surface area contributed by atoms with Crippen LogP contribution in [0.5, 0.6) is 0 Å². The monoisotopic (exact) mass is 385 g/mol. The van der Waals surface area contributed by atoms with Crippen LogP contribution in [0.3, 0.4) is 0 Å². The fourth-order valence-corrected chi connectivity index (χ4v) is 3.71. The van der Waals surface area contributed by atoms with Gasteiger partial charge in [0.25, 0.3) is 0 Å². The van der Waals surface area contributed by atoms with E-state index in [1.54, 1.807) is 35.4 Å². The predicted molar refractivity (Wildman–Crippen MR) is 109 cm³/mol. The highest BCUT2D eigenvalue weighted by molar-refractivity contribution is 7.16. The number of hydrogen-bond acceptors (Lipinski definition) is 6. The van der Waals surface area contributed by atoms with Crippen molar-refractivity contribution in [3.63, 3.8) is 0 Å². The van der Waals surface area contributed by atoms with E-state index in [2.05, 4.69) is 12.0 Å². The van der Waals surface area contributed by atoms with Crippen LogP contribution in [0.2, 0.25) is 0 Å². The molecule has 3 rings (SSSR count). The number of nitrogens with two attached hydrogens (primary N) is 2. The summed E-state index contributed by atoms with van der Waals surface area (Å²) in [5.74, 6) is 0.548. The van der Waals surface area contributed by atoms with Gasteiger partial charge in [-0.2, -0.15) is 5.10 Å². The minimum absolute atomic E-state index is 0.0258. The molecule has 0 saturated heterocycles. The lowest BCUT2D eigenvalue weighted by atomic mass is 9.98. The number of aromatic nitrogens is 3. The molecule has 0 fully saturated rings. The minimum Gasteiger partial charge on any atom is -0.402 e. The van der Waals surface area contributed by atoms with E-state index in [4.69, 9.17) is 16.2 Å². The van der Waals surface area contributed by atoms with Gasteiger partial charge in [-0.25, -0.2) is 4.68 Å². The van der Waals surface area contributed by atoms with Gasteiger partial charge in [0.2, 0.25) is 0 Å². The lowest BCUT2D eigenvalue weighted by Gasteiger charge is -2.10. The Balaban J connectivity index is 1.90. The normalized spacial score (nSPS) is 14.0. The van der Waals surface area contributed by atoms with E-state index in [0.29, 0.717) is 11.5 Å². The zero-order chi connectivity index (χ0) is 19.6. The number of methoxy groups -OCH3 is 1. The van der Waals surface area contributed by atoms with Crippen molar-refractivity contribution in [2.75, 3.05) is 7.11 Å². The molecular weight excluding hydrogens is 362 g/mol. The Bertz CT molecular complexity index is 1070. The average Bonchev–Trinajstić information content (AvgIpc) is 3.24. The molecule has 1 atom stereocenters. The van der Waals surface area contributed by atoms with Crippen LogP contribution in [0.25, 0.3) is 16.0 Å². The number of fused-ring (bicyclic) bond motifs is 1. The smallest absolute Gasteiger partial charge is 0.310 e. The number of ether oxygens (including phenoxy) is 1. The molecule has 142 valence electrons. The van der Waals surface area contributed by atoms with Gasteiger partial charge in [-0.05, 0) is 42.8 Å². The SMILES string of the molecule is COCn1c(=O)sc2cc(C(C)c3ccn(/C(N)=C/C=C(/C)N)n3)ccc21. The van der Waals surface area contributed by atoms with Crippen LogP contribution in [-0.2, 0) is 11.5 Å². The first-order valence-corrected chi connectivity index (χ1v) is 9.30. The summed E-state index contributed by atoms with van der Waals surface area (Å²) >= 11 is 1.22. The molecule has 0 amide bonds. The summed E-state index contributed by atoms with van der Waals surface area (Å²) < 4.78 is 9.29. The van der Waals surface area contributed by atoms with Gasteiger partial charge in [0.05, 0.1) is 15.9 Å². The molecule has 0 aliphatic rings. The molecule has 7 nitrogen and oxygen atoms in total. The molecular formula is C19H23N5O2S.